The minimum atomic E-state index is -2.71. The Morgan fingerprint density at radius 3 is 2.26 bits per heavy atom. The van der Waals surface area contributed by atoms with Crippen LogP contribution in [0.2, 0.25) is 0 Å². The molecule has 1 unspecified atom stereocenters. The van der Waals surface area contributed by atoms with Crippen molar-refractivity contribution in [3.63, 3.8) is 0 Å². The second-order valence-electron chi connectivity index (χ2n) is 8.31. The van der Waals surface area contributed by atoms with E-state index in [1.807, 2.05) is 12.1 Å². The number of nitrogens with zero attached hydrogens (tertiary/aromatic N) is 1. The van der Waals surface area contributed by atoms with Gasteiger partial charge in [0, 0.05) is 23.2 Å². The number of benzene rings is 2. The monoisotopic (exact) mass is 377 g/mol. The minimum Gasteiger partial charge on any atom is -0.334 e. The van der Waals surface area contributed by atoms with E-state index < -0.39 is 7.14 Å². The van der Waals surface area contributed by atoms with E-state index in [1.54, 1.807) is 0 Å². The lowest BCUT2D eigenvalue weighted by Gasteiger charge is -2.40. The van der Waals surface area contributed by atoms with E-state index in [1.165, 1.54) is 22.3 Å². The molecule has 2 aromatic carbocycles. The number of aromatic nitrogens is 1. The van der Waals surface area contributed by atoms with Crippen molar-refractivity contribution in [1.29, 1.82) is 0 Å². The second kappa shape index (κ2) is 6.24. The number of rotatable bonds is 3. The zero-order valence-corrected chi connectivity index (χ0v) is 17.8. The predicted octanol–water partition coefficient (Wildman–Crippen LogP) is 5.71. The van der Waals surface area contributed by atoms with Gasteiger partial charge in [0.05, 0.1) is 11.0 Å². The van der Waals surface area contributed by atoms with Gasteiger partial charge in [-0.25, -0.2) is 0 Å². The van der Waals surface area contributed by atoms with Gasteiger partial charge in [-0.1, -0.05) is 75.4 Å². The normalized spacial score (nSPS) is 20.4. The van der Waals surface area contributed by atoms with Crippen LogP contribution in [0.4, 0.5) is 0 Å². The summed E-state index contributed by atoms with van der Waals surface area (Å²) in [4.78, 5) is 0. The molecule has 1 aliphatic rings. The molecular formula is C24H28NOP. The first kappa shape index (κ1) is 18.3. The first-order valence-corrected chi connectivity index (χ1v) is 11.7. The fraction of sp³-hybridized carbons (Fsp3) is 0.333. The number of hydrogen-bond donors (Lipinski definition) is 0. The molecule has 0 saturated heterocycles. The summed E-state index contributed by atoms with van der Waals surface area (Å²) in [6, 6.07) is 18.8. The molecule has 1 aromatic heterocycles. The van der Waals surface area contributed by atoms with E-state index in [2.05, 4.69) is 87.8 Å². The van der Waals surface area contributed by atoms with Gasteiger partial charge in [0.25, 0.3) is 0 Å². The summed E-state index contributed by atoms with van der Waals surface area (Å²) in [7, 11) is -2.71. The van der Waals surface area contributed by atoms with Crippen molar-refractivity contribution in [1.82, 2.24) is 4.57 Å². The maximum Gasteiger partial charge on any atom is 0.159 e. The highest BCUT2D eigenvalue weighted by atomic mass is 31.2. The first-order valence-electron chi connectivity index (χ1n) is 9.83. The topological polar surface area (TPSA) is 22.0 Å². The molecule has 4 rings (SSSR count). The maximum atomic E-state index is 14.5. The predicted molar refractivity (Wildman–Crippen MR) is 116 cm³/mol. The van der Waals surface area contributed by atoms with Crippen LogP contribution in [0.1, 0.15) is 51.7 Å². The molecule has 0 aliphatic carbocycles. The number of fused-ring (bicyclic) bond motifs is 2. The fourth-order valence-corrected chi connectivity index (χ4v) is 7.71. The van der Waals surface area contributed by atoms with Crippen molar-refractivity contribution in [2.45, 2.75) is 46.1 Å². The number of hydrogen-bond acceptors (Lipinski definition) is 1. The average Bonchev–Trinajstić information content (AvgIpc) is 3.10. The van der Waals surface area contributed by atoms with Crippen molar-refractivity contribution < 1.29 is 4.57 Å². The molecule has 0 fully saturated rings. The standard InChI is InChI=1S/C24H28NOP/c1-6-27(26)21-15-11-10-14-20(21)24(4,5)25-16-19(17(2)3)22(23(25)27)18-12-8-7-9-13-18/h7-17H,6H2,1-5H3. The Balaban J connectivity index is 2.17. The molecule has 0 saturated carbocycles. The van der Waals surface area contributed by atoms with Crippen LogP contribution < -0.4 is 10.7 Å². The molecule has 2 nitrogen and oxygen atoms in total. The van der Waals surface area contributed by atoms with Gasteiger partial charge in [0.2, 0.25) is 0 Å². The molecule has 27 heavy (non-hydrogen) atoms. The largest absolute Gasteiger partial charge is 0.334 e. The van der Waals surface area contributed by atoms with Crippen molar-refractivity contribution in [3.8, 4) is 11.1 Å². The molecule has 3 aromatic rings. The Labute approximate surface area is 162 Å². The molecular weight excluding hydrogens is 349 g/mol. The van der Waals surface area contributed by atoms with Crippen LogP contribution in [-0.2, 0) is 10.1 Å². The van der Waals surface area contributed by atoms with Crippen LogP contribution in [0.15, 0.2) is 60.8 Å². The summed E-state index contributed by atoms with van der Waals surface area (Å²) >= 11 is 0. The lowest BCUT2D eigenvalue weighted by molar-refractivity contribution is 0.442. The minimum absolute atomic E-state index is 0.230. The van der Waals surface area contributed by atoms with Crippen molar-refractivity contribution in [2.75, 3.05) is 6.16 Å². The summed E-state index contributed by atoms with van der Waals surface area (Å²) in [6.07, 6.45) is 2.90. The fourth-order valence-electron chi connectivity index (χ4n) is 4.50. The highest BCUT2D eigenvalue weighted by Gasteiger charge is 2.45. The van der Waals surface area contributed by atoms with Gasteiger partial charge >= 0.3 is 0 Å². The Hall–Kier alpha value is -2.05. The highest BCUT2D eigenvalue weighted by molar-refractivity contribution is 7.79. The quantitative estimate of drug-likeness (QED) is 0.536. The molecule has 0 radical (unpaired) electrons. The van der Waals surface area contributed by atoms with Gasteiger partial charge in [-0.15, -0.1) is 0 Å². The molecule has 0 bridgehead atoms. The van der Waals surface area contributed by atoms with Gasteiger partial charge in [-0.05, 0) is 36.5 Å². The summed E-state index contributed by atoms with van der Waals surface area (Å²) in [6.45, 7) is 11.0. The lowest BCUT2D eigenvalue weighted by atomic mass is 9.93. The Bertz CT molecular complexity index is 1040. The summed E-state index contributed by atoms with van der Waals surface area (Å²) in [5.74, 6) is 0.363. The molecule has 1 atom stereocenters. The van der Waals surface area contributed by atoms with Crippen LogP contribution >= 0.6 is 7.14 Å². The molecule has 0 spiro atoms. The third kappa shape index (κ3) is 2.50. The smallest absolute Gasteiger partial charge is 0.159 e. The van der Waals surface area contributed by atoms with E-state index in [4.69, 9.17) is 0 Å². The molecule has 3 heteroatoms. The van der Waals surface area contributed by atoms with Gasteiger partial charge in [0.1, 0.15) is 0 Å². The van der Waals surface area contributed by atoms with E-state index >= 15 is 0 Å². The van der Waals surface area contributed by atoms with Gasteiger partial charge in [-0.2, -0.15) is 0 Å². The first-order chi connectivity index (χ1) is 12.8. The molecule has 2 heterocycles. The van der Waals surface area contributed by atoms with Crippen molar-refractivity contribution in [3.05, 3.63) is 71.9 Å². The molecule has 0 amide bonds. The third-order valence-corrected chi connectivity index (χ3v) is 9.22. The second-order valence-corrected chi connectivity index (χ2v) is 11.3. The van der Waals surface area contributed by atoms with E-state index in [0.717, 1.165) is 10.7 Å². The van der Waals surface area contributed by atoms with E-state index in [-0.39, 0.29) is 5.54 Å². The van der Waals surface area contributed by atoms with Crippen molar-refractivity contribution in [2.24, 2.45) is 0 Å². The summed E-state index contributed by atoms with van der Waals surface area (Å²) < 4.78 is 16.9. The van der Waals surface area contributed by atoms with Gasteiger partial charge < -0.3 is 9.13 Å². The Morgan fingerprint density at radius 1 is 1.00 bits per heavy atom. The Kier molecular flexibility index (Phi) is 4.24. The third-order valence-electron chi connectivity index (χ3n) is 6.04. The van der Waals surface area contributed by atoms with Gasteiger partial charge in [-0.3, -0.25) is 0 Å². The van der Waals surface area contributed by atoms with E-state index in [0.29, 0.717) is 12.1 Å². The van der Waals surface area contributed by atoms with Crippen LogP contribution in [0, 0.1) is 0 Å². The lowest BCUT2D eigenvalue weighted by Crippen LogP contribution is -2.45. The van der Waals surface area contributed by atoms with Crippen LogP contribution in [0.3, 0.4) is 0 Å². The van der Waals surface area contributed by atoms with Crippen LogP contribution in [0.25, 0.3) is 11.1 Å². The molecule has 0 N–H and O–H groups in total. The van der Waals surface area contributed by atoms with Crippen LogP contribution in [-0.4, -0.2) is 10.7 Å². The van der Waals surface area contributed by atoms with E-state index in [9.17, 15) is 4.57 Å². The molecule has 140 valence electrons. The summed E-state index contributed by atoms with van der Waals surface area (Å²) in [5.41, 5.74) is 5.62. The zero-order chi connectivity index (χ0) is 19.4. The SMILES string of the molecule is CCP1(=O)c2ccccc2C(C)(C)n2cc(C(C)C)c(-c3ccccc3)c21. The average molecular weight is 377 g/mol. The molecule has 1 aliphatic heterocycles. The summed E-state index contributed by atoms with van der Waals surface area (Å²) in [5, 5.41) is 1.04. The van der Waals surface area contributed by atoms with Gasteiger partial charge in [0.15, 0.2) is 7.14 Å². The maximum absolute atomic E-state index is 14.5. The van der Waals surface area contributed by atoms with Crippen LogP contribution in [0.5, 0.6) is 0 Å². The Morgan fingerprint density at radius 2 is 1.63 bits per heavy atom. The highest BCUT2D eigenvalue weighted by Crippen LogP contribution is 2.54. The van der Waals surface area contributed by atoms with Crippen molar-refractivity contribution >= 4 is 17.9 Å². The zero-order valence-electron chi connectivity index (χ0n) is 16.9.